The molecular weight excluding hydrogens is 286 g/mol. The Balaban J connectivity index is 0.000000336. The lowest BCUT2D eigenvalue weighted by Crippen LogP contribution is -2.02. The van der Waals surface area contributed by atoms with Crippen molar-refractivity contribution in [2.24, 2.45) is 0 Å². The molecule has 0 aliphatic heterocycles. The molecule has 82 valence electrons. The molecule has 0 atom stereocenters. The van der Waals surface area contributed by atoms with Crippen molar-refractivity contribution < 1.29 is 21.7 Å². The fourth-order valence-corrected chi connectivity index (χ4v) is 0.794. The predicted octanol–water partition coefficient (Wildman–Crippen LogP) is 4.37. The fourth-order valence-electron chi connectivity index (χ4n) is 0.547. The highest BCUT2D eigenvalue weighted by molar-refractivity contribution is 9.10. The van der Waals surface area contributed by atoms with Gasteiger partial charge in [-0.05, 0) is 22.0 Å². The Kier molecular flexibility index (Phi) is 5.21. The molecule has 0 spiro atoms. The van der Waals surface area contributed by atoms with Crippen LogP contribution in [0.1, 0.15) is 0 Å². The van der Waals surface area contributed by atoms with Crippen molar-refractivity contribution in [1.82, 2.24) is 0 Å². The molecule has 0 saturated heterocycles. The second-order valence-corrected chi connectivity index (χ2v) is 3.05. The van der Waals surface area contributed by atoms with Gasteiger partial charge in [0.2, 0.25) is 5.39 Å². The molecule has 0 heterocycles. The SMILES string of the molecule is F[B-](F)(F)F.N#[N+]c1ccc(Br)c(F)c1. The van der Waals surface area contributed by atoms with E-state index in [9.17, 15) is 21.7 Å². The van der Waals surface area contributed by atoms with Gasteiger partial charge < -0.3 is 17.3 Å². The second-order valence-electron chi connectivity index (χ2n) is 2.19. The topological polar surface area (TPSA) is 28.1 Å². The van der Waals surface area contributed by atoms with Crippen LogP contribution in [0.15, 0.2) is 22.7 Å². The van der Waals surface area contributed by atoms with E-state index in [1.807, 2.05) is 0 Å². The van der Waals surface area contributed by atoms with Crippen molar-refractivity contribution in [3.63, 3.8) is 0 Å². The Hall–Kier alpha value is -1.17. The lowest BCUT2D eigenvalue weighted by atomic mass is 10.3. The van der Waals surface area contributed by atoms with Gasteiger partial charge in [0, 0.05) is 6.07 Å². The minimum absolute atomic E-state index is 0.209. The Bertz CT molecular complexity index is 369. The van der Waals surface area contributed by atoms with Crippen molar-refractivity contribution in [3.05, 3.63) is 33.5 Å². The number of nitrogens with zero attached hydrogens (tertiary/aromatic N) is 2. The predicted molar refractivity (Wildman–Crippen MR) is 49.0 cm³/mol. The second kappa shape index (κ2) is 5.65. The van der Waals surface area contributed by atoms with E-state index in [0.717, 1.165) is 6.07 Å². The van der Waals surface area contributed by atoms with Crippen LogP contribution in [-0.4, -0.2) is 7.25 Å². The fraction of sp³-hybridized carbons (Fsp3) is 0. The van der Waals surface area contributed by atoms with Gasteiger partial charge in [0.1, 0.15) is 5.82 Å². The van der Waals surface area contributed by atoms with Gasteiger partial charge in [0.25, 0.3) is 0 Å². The molecule has 15 heavy (non-hydrogen) atoms. The van der Waals surface area contributed by atoms with Crippen molar-refractivity contribution in [2.45, 2.75) is 0 Å². The first-order valence-electron chi connectivity index (χ1n) is 3.41. The largest absolute Gasteiger partial charge is 0.673 e. The van der Waals surface area contributed by atoms with Gasteiger partial charge >= 0.3 is 12.9 Å². The zero-order valence-electron chi connectivity index (χ0n) is 6.97. The molecule has 0 aromatic heterocycles. The highest BCUT2D eigenvalue weighted by Crippen LogP contribution is 2.20. The first kappa shape index (κ1) is 13.8. The van der Waals surface area contributed by atoms with Crippen LogP contribution in [0.5, 0.6) is 0 Å². The molecule has 0 radical (unpaired) electrons. The maximum atomic E-state index is 12.5. The van der Waals surface area contributed by atoms with Crippen LogP contribution in [-0.2, 0) is 0 Å². The van der Waals surface area contributed by atoms with Crippen LogP contribution >= 0.6 is 15.9 Å². The molecule has 0 aliphatic carbocycles. The van der Waals surface area contributed by atoms with Crippen LogP contribution in [0.25, 0.3) is 4.98 Å². The summed E-state index contributed by atoms with van der Waals surface area (Å²) in [5.41, 5.74) is 0.209. The van der Waals surface area contributed by atoms with Gasteiger partial charge in [0.15, 0.2) is 4.98 Å². The van der Waals surface area contributed by atoms with Crippen molar-refractivity contribution >= 4 is 28.9 Å². The van der Waals surface area contributed by atoms with Crippen LogP contribution in [0.2, 0.25) is 0 Å². The van der Waals surface area contributed by atoms with Gasteiger partial charge in [-0.2, -0.15) is 0 Å². The van der Waals surface area contributed by atoms with E-state index in [1.165, 1.54) is 12.1 Å². The molecule has 0 saturated carbocycles. The van der Waals surface area contributed by atoms with E-state index >= 15 is 0 Å². The Morgan fingerprint density at radius 1 is 1.20 bits per heavy atom. The Morgan fingerprint density at radius 3 is 2.00 bits per heavy atom. The normalized spacial score (nSPS) is 9.93. The lowest BCUT2D eigenvalue weighted by molar-refractivity contribution is 0.368. The summed E-state index contributed by atoms with van der Waals surface area (Å²) in [7, 11) is -6.00. The van der Waals surface area contributed by atoms with E-state index in [-0.39, 0.29) is 5.69 Å². The monoisotopic (exact) mass is 288 g/mol. The lowest BCUT2D eigenvalue weighted by Gasteiger charge is -1.94. The molecule has 1 rings (SSSR count). The molecular formula is C6H3BBrF5N2. The van der Waals surface area contributed by atoms with Crippen molar-refractivity contribution in [3.8, 4) is 0 Å². The zero-order valence-corrected chi connectivity index (χ0v) is 8.56. The maximum Gasteiger partial charge on any atom is 0.673 e. The molecule has 2 nitrogen and oxygen atoms in total. The van der Waals surface area contributed by atoms with Gasteiger partial charge in [-0.1, -0.05) is 0 Å². The molecule has 9 heteroatoms. The highest BCUT2D eigenvalue weighted by Gasteiger charge is 2.20. The molecule has 0 aliphatic rings. The third-order valence-corrected chi connectivity index (χ3v) is 1.66. The summed E-state index contributed by atoms with van der Waals surface area (Å²) in [5.74, 6) is -0.435. The standard InChI is InChI=1S/C6H3BrFN2.BF4/c7-5-2-1-4(10-9)3-6(5)8;2-1(3,4)5/h1-3H;/q+1;-1. The number of hydrogen-bond donors (Lipinski definition) is 0. The number of diazo groups is 1. The van der Waals surface area contributed by atoms with Crippen LogP contribution in [0.3, 0.4) is 0 Å². The molecule has 1 aromatic carbocycles. The molecule has 0 unspecified atom stereocenters. The van der Waals surface area contributed by atoms with Gasteiger partial charge in [-0.15, -0.1) is 0 Å². The summed E-state index contributed by atoms with van der Waals surface area (Å²) in [5, 5.41) is 8.20. The van der Waals surface area contributed by atoms with Crippen molar-refractivity contribution in [2.75, 3.05) is 0 Å². The first-order valence-corrected chi connectivity index (χ1v) is 4.21. The Labute approximate surface area is 89.9 Å². The first-order chi connectivity index (χ1) is 6.74. The summed E-state index contributed by atoms with van der Waals surface area (Å²) in [4.78, 5) is 2.81. The third-order valence-electron chi connectivity index (χ3n) is 1.02. The zero-order chi connectivity index (χ0) is 12.1. The van der Waals surface area contributed by atoms with E-state index in [0.29, 0.717) is 4.47 Å². The number of benzene rings is 1. The summed E-state index contributed by atoms with van der Waals surface area (Å²) in [6, 6.07) is 4.10. The molecule has 0 bridgehead atoms. The minimum Gasteiger partial charge on any atom is -0.418 e. The van der Waals surface area contributed by atoms with E-state index in [2.05, 4.69) is 20.9 Å². The van der Waals surface area contributed by atoms with Crippen LogP contribution in [0, 0.1) is 11.2 Å². The summed E-state index contributed by atoms with van der Waals surface area (Å²) in [6.45, 7) is 0. The Morgan fingerprint density at radius 2 is 1.67 bits per heavy atom. The molecule has 1 aromatic rings. The van der Waals surface area contributed by atoms with E-state index < -0.39 is 13.1 Å². The molecule has 0 N–H and O–H groups in total. The smallest absolute Gasteiger partial charge is 0.418 e. The third kappa shape index (κ3) is 7.87. The van der Waals surface area contributed by atoms with E-state index in [4.69, 9.17) is 5.39 Å². The quantitative estimate of drug-likeness (QED) is 0.396. The average Bonchev–Trinajstić information content (AvgIpc) is 2.07. The number of hydrogen-bond acceptors (Lipinski definition) is 1. The van der Waals surface area contributed by atoms with Crippen LogP contribution in [0.4, 0.5) is 27.3 Å². The van der Waals surface area contributed by atoms with Gasteiger partial charge in [-0.25, -0.2) is 4.39 Å². The molecule has 0 fully saturated rings. The number of rotatable bonds is 0. The number of halogens is 6. The highest BCUT2D eigenvalue weighted by atomic mass is 79.9. The summed E-state index contributed by atoms with van der Waals surface area (Å²) >= 11 is 2.96. The van der Waals surface area contributed by atoms with Gasteiger partial charge in [-0.3, -0.25) is 0 Å². The maximum absolute atomic E-state index is 12.5. The molecule has 0 amide bonds. The minimum atomic E-state index is -6.00. The van der Waals surface area contributed by atoms with E-state index in [1.54, 1.807) is 0 Å². The van der Waals surface area contributed by atoms with Crippen molar-refractivity contribution in [1.29, 1.82) is 5.39 Å². The summed E-state index contributed by atoms with van der Waals surface area (Å²) in [6.07, 6.45) is 0. The van der Waals surface area contributed by atoms with Crippen LogP contribution < -0.4 is 0 Å². The summed E-state index contributed by atoms with van der Waals surface area (Å²) < 4.78 is 51.9. The van der Waals surface area contributed by atoms with Gasteiger partial charge in [0.05, 0.1) is 10.5 Å². The average molecular weight is 289 g/mol.